The van der Waals surface area contributed by atoms with E-state index in [0.29, 0.717) is 6.04 Å². The molecule has 0 saturated carbocycles. The summed E-state index contributed by atoms with van der Waals surface area (Å²) in [5, 5.41) is 11.4. The third-order valence-corrected chi connectivity index (χ3v) is 2.46. The lowest BCUT2D eigenvalue weighted by Crippen LogP contribution is -2.43. The number of rotatable bonds is 3. The van der Waals surface area contributed by atoms with E-state index in [4.69, 9.17) is 4.74 Å². The van der Waals surface area contributed by atoms with Crippen molar-refractivity contribution in [3.8, 4) is 0 Å². The zero-order valence-corrected chi connectivity index (χ0v) is 8.44. The molecule has 1 unspecified atom stereocenters. The molecular formula is C9H16N4O. The van der Waals surface area contributed by atoms with E-state index in [0.717, 1.165) is 38.5 Å². The first-order chi connectivity index (χ1) is 6.90. The Bertz CT molecular complexity index is 280. The van der Waals surface area contributed by atoms with Crippen molar-refractivity contribution < 1.29 is 4.74 Å². The van der Waals surface area contributed by atoms with E-state index in [-0.39, 0.29) is 0 Å². The van der Waals surface area contributed by atoms with Gasteiger partial charge in [-0.1, -0.05) is 0 Å². The number of nitrogens with zero attached hydrogens (tertiary/aromatic N) is 3. The predicted molar refractivity (Wildman–Crippen MR) is 52.0 cm³/mol. The van der Waals surface area contributed by atoms with Gasteiger partial charge in [-0.3, -0.25) is 0 Å². The van der Waals surface area contributed by atoms with Crippen molar-refractivity contribution in [2.45, 2.75) is 25.9 Å². The molecular weight excluding hydrogens is 180 g/mol. The van der Waals surface area contributed by atoms with Crippen LogP contribution in [0.25, 0.3) is 0 Å². The zero-order valence-electron chi connectivity index (χ0n) is 8.44. The number of hydrogen-bond acceptors (Lipinski definition) is 4. The minimum atomic E-state index is 0.387. The molecule has 1 aromatic heterocycles. The van der Waals surface area contributed by atoms with Gasteiger partial charge >= 0.3 is 0 Å². The van der Waals surface area contributed by atoms with Gasteiger partial charge in [-0.25, -0.2) is 0 Å². The van der Waals surface area contributed by atoms with Crippen LogP contribution in [0.3, 0.4) is 0 Å². The maximum atomic E-state index is 5.38. The monoisotopic (exact) mass is 196 g/mol. The van der Waals surface area contributed by atoms with Gasteiger partial charge in [-0.05, 0) is 6.92 Å². The van der Waals surface area contributed by atoms with Crippen LogP contribution in [-0.4, -0.2) is 40.6 Å². The highest BCUT2D eigenvalue weighted by molar-refractivity contribution is 4.91. The molecule has 2 rings (SSSR count). The van der Waals surface area contributed by atoms with E-state index in [1.54, 1.807) is 6.33 Å². The summed E-state index contributed by atoms with van der Waals surface area (Å²) in [7, 11) is 0. The third kappa shape index (κ3) is 2.10. The Morgan fingerprint density at radius 2 is 2.64 bits per heavy atom. The fraction of sp³-hybridized carbons (Fsp3) is 0.778. The lowest BCUT2D eigenvalue weighted by Gasteiger charge is -2.23. The zero-order chi connectivity index (χ0) is 9.80. The van der Waals surface area contributed by atoms with Crippen LogP contribution in [0, 0.1) is 0 Å². The molecule has 0 bridgehead atoms. The van der Waals surface area contributed by atoms with Crippen LogP contribution in [0.2, 0.25) is 0 Å². The first-order valence-electron chi connectivity index (χ1n) is 5.08. The highest BCUT2D eigenvalue weighted by Gasteiger charge is 2.16. The molecule has 1 atom stereocenters. The molecule has 1 aromatic rings. The van der Waals surface area contributed by atoms with Crippen LogP contribution in [-0.2, 0) is 17.7 Å². The van der Waals surface area contributed by atoms with E-state index < -0.39 is 0 Å². The van der Waals surface area contributed by atoms with Gasteiger partial charge in [0, 0.05) is 25.6 Å². The average molecular weight is 196 g/mol. The molecule has 1 saturated heterocycles. The molecule has 1 fully saturated rings. The van der Waals surface area contributed by atoms with Crippen molar-refractivity contribution in [2.24, 2.45) is 0 Å². The van der Waals surface area contributed by atoms with Gasteiger partial charge < -0.3 is 14.6 Å². The summed E-state index contributed by atoms with van der Waals surface area (Å²) in [4.78, 5) is 0. The minimum absolute atomic E-state index is 0.387. The van der Waals surface area contributed by atoms with Crippen molar-refractivity contribution >= 4 is 0 Å². The Morgan fingerprint density at radius 3 is 3.36 bits per heavy atom. The minimum Gasteiger partial charge on any atom is -0.379 e. The molecule has 78 valence electrons. The molecule has 5 heteroatoms. The Labute approximate surface area is 83.5 Å². The van der Waals surface area contributed by atoms with Crippen LogP contribution in [0.15, 0.2) is 6.33 Å². The summed E-state index contributed by atoms with van der Waals surface area (Å²) >= 11 is 0. The Kier molecular flexibility index (Phi) is 3.10. The van der Waals surface area contributed by atoms with Crippen molar-refractivity contribution in [3.63, 3.8) is 0 Å². The number of aryl methyl sites for hydroxylation is 1. The summed E-state index contributed by atoms with van der Waals surface area (Å²) in [6.07, 6.45) is 2.67. The van der Waals surface area contributed by atoms with Crippen molar-refractivity contribution in [1.82, 2.24) is 20.1 Å². The molecule has 2 heterocycles. The highest BCUT2D eigenvalue weighted by atomic mass is 16.5. The van der Waals surface area contributed by atoms with Gasteiger partial charge in [0.2, 0.25) is 0 Å². The predicted octanol–water partition coefficient (Wildman–Crippen LogP) is -0.171. The fourth-order valence-electron chi connectivity index (χ4n) is 1.67. The molecule has 0 aliphatic carbocycles. The molecule has 1 N–H and O–H groups in total. The van der Waals surface area contributed by atoms with E-state index >= 15 is 0 Å². The lowest BCUT2D eigenvalue weighted by atomic mass is 10.2. The van der Waals surface area contributed by atoms with Gasteiger partial charge in [0.25, 0.3) is 0 Å². The van der Waals surface area contributed by atoms with Gasteiger partial charge in [-0.2, -0.15) is 0 Å². The van der Waals surface area contributed by atoms with Crippen LogP contribution in [0.5, 0.6) is 0 Å². The molecule has 0 amide bonds. The lowest BCUT2D eigenvalue weighted by molar-refractivity contribution is 0.0761. The number of aromatic nitrogens is 3. The maximum Gasteiger partial charge on any atom is 0.134 e. The molecule has 1 aliphatic rings. The smallest absolute Gasteiger partial charge is 0.134 e. The Balaban J connectivity index is 1.95. The van der Waals surface area contributed by atoms with E-state index in [1.165, 1.54) is 0 Å². The first kappa shape index (κ1) is 9.61. The molecule has 1 aliphatic heterocycles. The third-order valence-electron chi connectivity index (χ3n) is 2.46. The quantitative estimate of drug-likeness (QED) is 0.729. The fourth-order valence-corrected chi connectivity index (χ4v) is 1.67. The van der Waals surface area contributed by atoms with Gasteiger partial charge in [0.1, 0.15) is 12.2 Å². The normalized spacial score (nSPS) is 22.5. The number of nitrogens with one attached hydrogen (secondary N) is 1. The first-order valence-corrected chi connectivity index (χ1v) is 5.08. The number of morpholine rings is 1. The summed E-state index contributed by atoms with van der Waals surface area (Å²) in [5.41, 5.74) is 0. The van der Waals surface area contributed by atoms with Crippen LogP contribution < -0.4 is 5.32 Å². The van der Waals surface area contributed by atoms with Gasteiger partial charge in [0.15, 0.2) is 0 Å². The van der Waals surface area contributed by atoms with Crippen molar-refractivity contribution in [1.29, 1.82) is 0 Å². The number of ether oxygens (including phenoxy) is 1. The molecule has 0 spiro atoms. The molecule has 5 nitrogen and oxygen atoms in total. The number of hydrogen-bond donors (Lipinski definition) is 1. The van der Waals surface area contributed by atoms with E-state index in [1.807, 2.05) is 0 Å². The molecule has 0 radical (unpaired) electrons. The summed E-state index contributed by atoms with van der Waals surface area (Å²) in [5.74, 6) is 1.04. The standard InChI is InChI=1S/C9H16N4O/c1-2-13-7-11-12-9(13)5-8-6-14-4-3-10-8/h7-8,10H,2-6H2,1H3. The summed E-state index contributed by atoms with van der Waals surface area (Å²) < 4.78 is 7.45. The topological polar surface area (TPSA) is 52.0 Å². The molecule has 0 aromatic carbocycles. The highest BCUT2D eigenvalue weighted by Crippen LogP contribution is 2.03. The van der Waals surface area contributed by atoms with Crippen LogP contribution in [0.1, 0.15) is 12.7 Å². The maximum absolute atomic E-state index is 5.38. The van der Waals surface area contributed by atoms with E-state index in [9.17, 15) is 0 Å². The second-order valence-electron chi connectivity index (χ2n) is 3.46. The average Bonchev–Trinajstić information content (AvgIpc) is 2.67. The van der Waals surface area contributed by atoms with Crippen molar-refractivity contribution in [3.05, 3.63) is 12.2 Å². The Morgan fingerprint density at radius 1 is 1.71 bits per heavy atom. The largest absolute Gasteiger partial charge is 0.379 e. The van der Waals surface area contributed by atoms with Gasteiger partial charge in [0.05, 0.1) is 13.2 Å². The summed E-state index contributed by atoms with van der Waals surface area (Å²) in [6, 6.07) is 0.387. The van der Waals surface area contributed by atoms with E-state index in [2.05, 4.69) is 27.0 Å². The second kappa shape index (κ2) is 4.52. The summed E-state index contributed by atoms with van der Waals surface area (Å²) in [6.45, 7) is 5.55. The van der Waals surface area contributed by atoms with Crippen LogP contribution in [0.4, 0.5) is 0 Å². The van der Waals surface area contributed by atoms with Crippen LogP contribution >= 0.6 is 0 Å². The second-order valence-corrected chi connectivity index (χ2v) is 3.46. The van der Waals surface area contributed by atoms with Crippen molar-refractivity contribution in [2.75, 3.05) is 19.8 Å². The Hall–Kier alpha value is -0.940. The molecule has 14 heavy (non-hydrogen) atoms. The SMILES string of the molecule is CCn1cnnc1CC1COCCN1. The van der Waals surface area contributed by atoms with Gasteiger partial charge in [-0.15, -0.1) is 10.2 Å².